The molecule has 0 saturated heterocycles. The van der Waals surface area contributed by atoms with Crippen LogP contribution in [0.3, 0.4) is 0 Å². The molecule has 1 aromatic rings. The van der Waals surface area contributed by atoms with Gasteiger partial charge in [-0.3, -0.25) is 0 Å². The minimum atomic E-state index is 0.293. The molecule has 6 heteroatoms. The van der Waals surface area contributed by atoms with Crippen molar-refractivity contribution >= 4 is 17.2 Å². The molecule has 0 saturated carbocycles. The van der Waals surface area contributed by atoms with Crippen LogP contribution in [-0.4, -0.2) is 43.5 Å². The third-order valence-electron chi connectivity index (χ3n) is 2.47. The molecule has 106 valence electrons. The summed E-state index contributed by atoms with van der Waals surface area (Å²) < 4.78 is 15.9. The Kier molecular flexibility index (Phi) is 7.32. The van der Waals surface area contributed by atoms with Crippen LogP contribution in [0.5, 0.6) is 5.88 Å². The standard InChI is InChI=1S/C13H20N2O3S/c1-10-4-5-15-13(11(10)12(14)19)18-9-8-17-7-3-6-16-2/h4-5H,3,6-9H2,1-2H3,(H2,14,19). The van der Waals surface area contributed by atoms with Crippen LogP contribution in [0.25, 0.3) is 0 Å². The highest BCUT2D eigenvalue weighted by atomic mass is 32.1. The van der Waals surface area contributed by atoms with Gasteiger partial charge in [0.1, 0.15) is 11.6 Å². The Morgan fingerprint density at radius 3 is 2.79 bits per heavy atom. The number of aryl methyl sites for hydroxylation is 1. The molecule has 0 fully saturated rings. The van der Waals surface area contributed by atoms with E-state index in [2.05, 4.69) is 4.98 Å². The Labute approximate surface area is 119 Å². The summed E-state index contributed by atoms with van der Waals surface area (Å²) in [6, 6.07) is 1.85. The second kappa shape index (κ2) is 8.79. The Hall–Kier alpha value is -1.24. The van der Waals surface area contributed by atoms with Crippen LogP contribution in [0.15, 0.2) is 12.3 Å². The summed E-state index contributed by atoms with van der Waals surface area (Å²) in [6.07, 6.45) is 2.54. The number of methoxy groups -OCH3 is 1. The molecule has 0 aliphatic rings. The summed E-state index contributed by atoms with van der Waals surface area (Å²) in [5, 5.41) is 0. The number of ether oxygens (including phenoxy) is 3. The van der Waals surface area contributed by atoms with Gasteiger partial charge in [-0.05, 0) is 25.0 Å². The molecule has 0 unspecified atom stereocenters. The fourth-order valence-electron chi connectivity index (χ4n) is 1.55. The molecule has 1 aromatic heterocycles. The first-order chi connectivity index (χ1) is 9.16. The number of aromatic nitrogens is 1. The lowest BCUT2D eigenvalue weighted by Crippen LogP contribution is -2.16. The molecule has 19 heavy (non-hydrogen) atoms. The van der Waals surface area contributed by atoms with Gasteiger partial charge >= 0.3 is 0 Å². The number of nitrogens with two attached hydrogens (primary N) is 1. The minimum absolute atomic E-state index is 0.293. The van der Waals surface area contributed by atoms with Crippen LogP contribution >= 0.6 is 12.2 Å². The zero-order valence-electron chi connectivity index (χ0n) is 11.3. The van der Waals surface area contributed by atoms with E-state index in [4.69, 9.17) is 32.2 Å². The number of rotatable bonds is 9. The van der Waals surface area contributed by atoms with Gasteiger partial charge in [-0.2, -0.15) is 0 Å². The predicted molar refractivity (Wildman–Crippen MR) is 77.7 cm³/mol. The number of pyridine rings is 1. The van der Waals surface area contributed by atoms with Gasteiger partial charge < -0.3 is 19.9 Å². The Bertz CT molecular complexity index is 413. The van der Waals surface area contributed by atoms with E-state index in [1.807, 2.05) is 13.0 Å². The molecule has 0 radical (unpaired) electrons. The van der Waals surface area contributed by atoms with Crippen molar-refractivity contribution in [2.75, 3.05) is 33.5 Å². The predicted octanol–water partition coefficient (Wildman–Crippen LogP) is 1.46. The number of thiocarbonyl (C=S) groups is 1. The first-order valence-corrected chi connectivity index (χ1v) is 6.52. The third-order valence-corrected chi connectivity index (χ3v) is 2.68. The second-order valence-electron chi connectivity index (χ2n) is 3.98. The van der Waals surface area contributed by atoms with E-state index in [9.17, 15) is 0 Å². The quantitative estimate of drug-likeness (QED) is 0.547. The van der Waals surface area contributed by atoms with E-state index in [-0.39, 0.29) is 0 Å². The highest BCUT2D eigenvalue weighted by Crippen LogP contribution is 2.18. The van der Waals surface area contributed by atoms with E-state index >= 15 is 0 Å². The molecular formula is C13H20N2O3S. The summed E-state index contributed by atoms with van der Waals surface area (Å²) in [5.74, 6) is 0.466. The van der Waals surface area contributed by atoms with Crippen molar-refractivity contribution in [3.8, 4) is 5.88 Å². The fourth-order valence-corrected chi connectivity index (χ4v) is 1.80. The van der Waals surface area contributed by atoms with Gasteiger partial charge in [0, 0.05) is 26.5 Å². The van der Waals surface area contributed by atoms with Crippen molar-refractivity contribution in [2.45, 2.75) is 13.3 Å². The molecule has 0 bridgehead atoms. The molecule has 2 N–H and O–H groups in total. The molecule has 1 rings (SSSR count). The van der Waals surface area contributed by atoms with Crippen molar-refractivity contribution < 1.29 is 14.2 Å². The van der Waals surface area contributed by atoms with Crippen molar-refractivity contribution in [1.29, 1.82) is 0 Å². The van der Waals surface area contributed by atoms with E-state index in [0.717, 1.165) is 12.0 Å². The van der Waals surface area contributed by atoms with Crippen LogP contribution in [0.4, 0.5) is 0 Å². The second-order valence-corrected chi connectivity index (χ2v) is 4.42. The van der Waals surface area contributed by atoms with Crippen molar-refractivity contribution in [1.82, 2.24) is 4.98 Å². The molecule has 5 nitrogen and oxygen atoms in total. The van der Waals surface area contributed by atoms with Gasteiger partial charge in [-0.15, -0.1) is 0 Å². The largest absolute Gasteiger partial charge is 0.475 e. The molecule has 0 aromatic carbocycles. The van der Waals surface area contributed by atoms with Gasteiger partial charge in [0.05, 0.1) is 12.2 Å². The molecule has 0 atom stereocenters. The summed E-state index contributed by atoms with van der Waals surface area (Å²) in [5.41, 5.74) is 7.32. The minimum Gasteiger partial charge on any atom is -0.475 e. The maximum atomic E-state index is 5.67. The van der Waals surface area contributed by atoms with Gasteiger partial charge in [-0.1, -0.05) is 12.2 Å². The van der Waals surface area contributed by atoms with Gasteiger partial charge in [0.15, 0.2) is 0 Å². The monoisotopic (exact) mass is 284 g/mol. The summed E-state index contributed by atoms with van der Waals surface area (Å²) >= 11 is 5.00. The normalized spacial score (nSPS) is 10.4. The van der Waals surface area contributed by atoms with Gasteiger partial charge in [0.25, 0.3) is 0 Å². The first-order valence-electron chi connectivity index (χ1n) is 6.11. The molecule has 0 amide bonds. The first kappa shape index (κ1) is 15.8. The van der Waals surface area contributed by atoms with Crippen molar-refractivity contribution in [3.63, 3.8) is 0 Å². The van der Waals surface area contributed by atoms with E-state index in [0.29, 0.717) is 42.9 Å². The zero-order valence-corrected chi connectivity index (χ0v) is 12.2. The summed E-state index contributed by atoms with van der Waals surface area (Å²) in [4.78, 5) is 4.44. The van der Waals surface area contributed by atoms with Gasteiger partial charge in [0.2, 0.25) is 5.88 Å². The van der Waals surface area contributed by atoms with Crippen LogP contribution in [0.2, 0.25) is 0 Å². The lowest BCUT2D eigenvalue weighted by atomic mass is 10.1. The lowest BCUT2D eigenvalue weighted by molar-refractivity contribution is 0.0795. The van der Waals surface area contributed by atoms with Crippen LogP contribution < -0.4 is 10.5 Å². The Balaban J connectivity index is 2.37. The van der Waals surface area contributed by atoms with Gasteiger partial charge in [-0.25, -0.2) is 4.98 Å². The van der Waals surface area contributed by atoms with Crippen molar-refractivity contribution in [3.05, 3.63) is 23.4 Å². The van der Waals surface area contributed by atoms with Crippen LogP contribution in [-0.2, 0) is 9.47 Å². The topological polar surface area (TPSA) is 66.6 Å². The van der Waals surface area contributed by atoms with Crippen molar-refractivity contribution in [2.24, 2.45) is 5.73 Å². The summed E-state index contributed by atoms with van der Waals surface area (Å²) in [7, 11) is 1.67. The zero-order chi connectivity index (χ0) is 14.1. The SMILES string of the molecule is COCCCOCCOc1nccc(C)c1C(N)=S. The maximum Gasteiger partial charge on any atom is 0.224 e. The number of hydrogen-bond donors (Lipinski definition) is 1. The highest BCUT2D eigenvalue weighted by molar-refractivity contribution is 7.80. The fraction of sp³-hybridized carbons (Fsp3) is 0.538. The van der Waals surface area contributed by atoms with Crippen LogP contribution in [0.1, 0.15) is 17.5 Å². The molecule has 1 heterocycles. The Morgan fingerprint density at radius 1 is 1.32 bits per heavy atom. The van der Waals surface area contributed by atoms with Crippen LogP contribution in [0, 0.1) is 6.92 Å². The average molecular weight is 284 g/mol. The lowest BCUT2D eigenvalue weighted by Gasteiger charge is -2.11. The molecule has 0 aliphatic carbocycles. The number of hydrogen-bond acceptors (Lipinski definition) is 5. The number of nitrogens with zero attached hydrogens (tertiary/aromatic N) is 1. The third kappa shape index (κ3) is 5.50. The molecule has 0 spiro atoms. The Morgan fingerprint density at radius 2 is 2.11 bits per heavy atom. The average Bonchev–Trinajstić information content (AvgIpc) is 2.37. The van der Waals surface area contributed by atoms with E-state index in [1.165, 1.54) is 0 Å². The summed E-state index contributed by atoms with van der Waals surface area (Å²) in [6.45, 7) is 4.19. The highest BCUT2D eigenvalue weighted by Gasteiger charge is 2.10. The smallest absolute Gasteiger partial charge is 0.224 e. The van der Waals surface area contributed by atoms with E-state index in [1.54, 1.807) is 13.3 Å². The molecule has 0 aliphatic heterocycles. The molecular weight excluding hydrogens is 264 g/mol. The maximum absolute atomic E-state index is 5.67. The van der Waals surface area contributed by atoms with E-state index < -0.39 is 0 Å².